The molecule has 1 unspecified atom stereocenters. The maximum absolute atomic E-state index is 12.9. The van der Waals surface area contributed by atoms with Gasteiger partial charge < -0.3 is 14.2 Å². The van der Waals surface area contributed by atoms with E-state index in [9.17, 15) is 14.4 Å². The maximum Gasteiger partial charge on any atom is 0.306 e. The number of hydrogen-bond donors (Lipinski definition) is 0. The first-order valence-corrected chi connectivity index (χ1v) is 36.3. The summed E-state index contributed by atoms with van der Waals surface area (Å²) in [4.78, 5) is 38.4. The molecule has 80 heavy (non-hydrogen) atoms. The third-order valence-electron chi connectivity index (χ3n) is 16.7. The Morgan fingerprint density at radius 1 is 0.237 bits per heavy atom. The monoisotopic (exact) mass is 1130 g/mol. The first-order valence-electron chi connectivity index (χ1n) is 36.3. The van der Waals surface area contributed by atoms with Crippen LogP contribution in [0.1, 0.15) is 412 Å². The van der Waals surface area contributed by atoms with E-state index in [0.29, 0.717) is 19.3 Å². The fourth-order valence-electron chi connectivity index (χ4n) is 11.2. The smallest absolute Gasteiger partial charge is 0.306 e. The number of carbonyl (C=O) groups excluding carboxylic acids is 3. The zero-order chi connectivity index (χ0) is 57.8. The molecule has 0 aliphatic carbocycles. The summed E-state index contributed by atoms with van der Waals surface area (Å²) in [6, 6.07) is 0. The van der Waals surface area contributed by atoms with Crippen LogP contribution in [0.4, 0.5) is 0 Å². The lowest BCUT2D eigenvalue weighted by atomic mass is 10.0. The van der Waals surface area contributed by atoms with Gasteiger partial charge in [0.1, 0.15) is 13.2 Å². The number of carbonyl (C=O) groups is 3. The molecule has 0 aromatic rings. The molecule has 0 aromatic heterocycles. The van der Waals surface area contributed by atoms with Gasteiger partial charge in [0.15, 0.2) is 6.10 Å². The van der Waals surface area contributed by atoms with Gasteiger partial charge in [0.05, 0.1) is 0 Å². The van der Waals surface area contributed by atoms with Crippen molar-refractivity contribution in [3.63, 3.8) is 0 Å². The van der Waals surface area contributed by atoms with Crippen LogP contribution in [0.3, 0.4) is 0 Å². The lowest BCUT2D eigenvalue weighted by Gasteiger charge is -2.18. The third kappa shape index (κ3) is 66.7. The van der Waals surface area contributed by atoms with E-state index in [1.54, 1.807) is 0 Å². The summed E-state index contributed by atoms with van der Waals surface area (Å²) in [6.07, 6.45) is 85.0. The molecule has 472 valence electrons. The Labute approximate surface area is 500 Å². The lowest BCUT2D eigenvalue weighted by Crippen LogP contribution is -2.30. The summed E-state index contributed by atoms with van der Waals surface area (Å²) < 4.78 is 17.0. The van der Waals surface area contributed by atoms with Gasteiger partial charge in [-0.2, -0.15) is 0 Å². The zero-order valence-electron chi connectivity index (χ0n) is 54.4. The number of ether oxygens (including phenoxy) is 3. The fraction of sp³-hybridized carbons (Fsp3) is 0.905. The Hall–Kier alpha value is -2.11. The second-order valence-electron chi connectivity index (χ2n) is 24.9. The van der Waals surface area contributed by atoms with Crippen molar-refractivity contribution < 1.29 is 28.6 Å². The molecule has 1 atom stereocenters. The van der Waals surface area contributed by atoms with Crippen molar-refractivity contribution in [2.45, 2.75) is 419 Å². The van der Waals surface area contributed by atoms with Gasteiger partial charge in [-0.3, -0.25) is 14.4 Å². The van der Waals surface area contributed by atoms with Crippen LogP contribution in [-0.4, -0.2) is 37.2 Å². The van der Waals surface area contributed by atoms with Crippen LogP contribution >= 0.6 is 0 Å². The van der Waals surface area contributed by atoms with Crippen molar-refractivity contribution >= 4 is 17.9 Å². The molecule has 0 heterocycles. The van der Waals surface area contributed by atoms with Crippen LogP contribution in [0.2, 0.25) is 0 Å². The van der Waals surface area contributed by atoms with Gasteiger partial charge in [-0.25, -0.2) is 0 Å². The van der Waals surface area contributed by atoms with Crippen molar-refractivity contribution in [3.05, 3.63) is 24.3 Å². The number of allylic oxidation sites excluding steroid dienone is 4. The largest absolute Gasteiger partial charge is 0.462 e. The Balaban J connectivity index is 4.19. The molecule has 0 spiro atoms. The van der Waals surface area contributed by atoms with Gasteiger partial charge in [-0.1, -0.05) is 347 Å². The fourth-order valence-corrected chi connectivity index (χ4v) is 11.2. The van der Waals surface area contributed by atoms with Crippen molar-refractivity contribution in [2.24, 2.45) is 0 Å². The summed E-state index contributed by atoms with van der Waals surface area (Å²) >= 11 is 0. The van der Waals surface area contributed by atoms with E-state index in [0.717, 1.165) is 57.8 Å². The molecule has 0 aromatic carbocycles. The summed E-state index contributed by atoms with van der Waals surface area (Å²) in [5, 5.41) is 0. The molecule has 0 fully saturated rings. The highest BCUT2D eigenvalue weighted by Gasteiger charge is 2.19. The molecule has 6 heteroatoms. The van der Waals surface area contributed by atoms with Crippen LogP contribution in [0.5, 0.6) is 0 Å². The standard InChI is InChI=1S/C74H140O6/c1-4-7-10-13-16-19-22-25-28-31-32-33-34-35-36-37-38-39-40-41-42-44-46-49-52-55-58-61-64-67-73(76)79-70-71(69-78-72(75)66-63-60-57-54-51-48-45-30-27-24-21-18-15-12-9-6-3)80-74(77)68-65-62-59-56-53-50-47-43-29-26-23-20-17-14-11-8-5-2/h26,29,31-32,71H,4-25,27-28,30,33-70H2,1-3H3/b29-26-,32-31-. The zero-order valence-corrected chi connectivity index (χ0v) is 54.4. The molecule has 0 N–H and O–H groups in total. The predicted molar refractivity (Wildman–Crippen MR) is 349 cm³/mol. The van der Waals surface area contributed by atoms with E-state index in [1.165, 1.54) is 315 Å². The molecule has 0 aliphatic rings. The molecule has 0 aliphatic heterocycles. The van der Waals surface area contributed by atoms with E-state index in [2.05, 4.69) is 45.1 Å². The first kappa shape index (κ1) is 77.9. The van der Waals surface area contributed by atoms with Crippen molar-refractivity contribution in [1.29, 1.82) is 0 Å². The highest BCUT2D eigenvalue weighted by Crippen LogP contribution is 2.19. The van der Waals surface area contributed by atoms with Crippen LogP contribution < -0.4 is 0 Å². The Bertz CT molecular complexity index is 1290. The van der Waals surface area contributed by atoms with E-state index in [4.69, 9.17) is 14.2 Å². The summed E-state index contributed by atoms with van der Waals surface area (Å²) in [6.45, 7) is 6.72. The lowest BCUT2D eigenvalue weighted by molar-refractivity contribution is -0.167. The van der Waals surface area contributed by atoms with Crippen LogP contribution in [0.25, 0.3) is 0 Å². The van der Waals surface area contributed by atoms with Gasteiger partial charge >= 0.3 is 17.9 Å². The van der Waals surface area contributed by atoms with Gasteiger partial charge in [-0.05, 0) is 70.6 Å². The molecule has 0 radical (unpaired) electrons. The SMILES string of the molecule is CCCCCCCC/C=C\CCCCCCCCCC(=O)OC(COC(=O)CCCCCCCCCCCCCCCCCC)COC(=O)CCCCCCCCCCCCCCCCCCC/C=C\CCCCCCCCCC. The number of hydrogen-bond acceptors (Lipinski definition) is 6. The van der Waals surface area contributed by atoms with Crippen molar-refractivity contribution in [3.8, 4) is 0 Å². The Kier molecular flexibility index (Phi) is 67.6. The molecule has 6 nitrogen and oxygen atoms in total. The average molecular weight is 1130 g/mol. The van der Waals surface area contributed by atoms with Crippen LogP contribution in [-0.2, 0) is 28.6 Å². The van der Waals surface area contributed by atoms with E-state index >= 15 is 0 Å². The quantitative estimate of drug-likeness (QED) is 0.0261. The number of unbranched alkanes of at least 4 members (excludes halogenated alkanes) is 53. The van der Waals surface area contributed by atoms with Gasteiger partial charge in [0, 0.05) is 19.3 Å². The summed E-state index contributed by atoms with van der Waals surface area (Å²) in [7, 11) is 0. The maximum atomic E-state index is 12.9. The minimum atomic E-state index is -0.771. The molecule has 0 saturated heterocycles. The predicted octanol–water partition coefficient (Wildman–Crippen LogP) is 25.0. The highest BCUT2D eigenvalue weighted by atomic mass is 16.6. The number of rotatable bonds is 68. The molecular weight excluding hydrogens is 985 g/mol. The summed E-state index contributed by atoms with van der Waals surface area (Å²) in [5.41, 5.74) is 0. The number of esters is 3. The second kappa shape index (κ2) is 69.4. The molecular formula is C74H140O6. The van der Waals surface area contributed by atoms with Crippen LogP contribution in [0.15, 0.2) is 24.3 Å². The Morgan fingerprint density at radius 3 is 0.625 bits per heavy atom. The van der Waals surface area contributed by atoms with Gasteiger partial charge in [0.2, 0.25) is 0 Å². The van der Waals surface area contributed by atoms with Crippen molar-refractivity contribution in [1.82, 2.24) is 0 Å². The first-order chi connectivity index (χ1) is 39.5. The normalized spacial score (nSPS) is 12.1. The van der Waals surface area contributed by atoms with Crippen LogP contribution in [0, 0.1) is 0 Å². The Morgan fingerprint density at radius 2 is 0.412 bits per heavy atom. The summed E-state index contributed by atoms with van der Waals surface area (Å²) in [5.74, 6) is -0.837. The van der Waals surface area contributed by atoms with E-state index < -0.39 is 6.10 Å². The highest BCUT2D eigenvalue weighted by molar-refractivity contribution is 5.71. The van der Waals surface area contributed by atoms with E-state index in [-0.39, 0.29) is 31.1 Å². The molecule has 0 amide bonds. The van der Waals surface area contributed by atoms with E-state index in [1.807, 2.05) is 0 Å². The van der Waals surface area contributed by atoms with Crippen molar-refractivity contribution in [2.75, 3.05) is 13.2 Å². The topological polar surface area (TPSA) is 78.9 Å². The third-order valence-corrected chi connectivity index (χ3v) is 16.7. The molecule has 0 rings (SSSR count). The average Bonchev–Trinajstić information content (AvgIpc) is 3.46. The minimum absolute atomic E-state index is 0.0665. The van der Waals surface area contributed by atoms with Gasteiger partial charge in [0.25, 0.3) is 0 Å². The van der Waals surface area contributed by atoms with Gasteiger partial charge in [-0.15, -0.1) is 0 Å². The second-order valence-corrected chi connectivity index (χ2v) is 24.9. The minimum Gasteiger partial charge on any atom is -0.462 e. The molecule has 0 saturated carbocycles. The molecule has 0 bridgehead atoms.